The Bertz CT molecular complexity index is 626. The van der Waals surface area contributed by atoms with Crippen LogP contribution in [-0.2, 0) is 4.79 Å². The van der Waals surface area contributed by atoms with Gasteiger partial charge in [-0.15, -0.1) is 11.8 Å². The Morgan fingerprint density at radius 2 is 1.95 bits per heavy atom. The smallest absolute Gasteiger partial charge is 0.251 e. The van der Waals surface area contributed by atoms with Crippen LogP contribution >= 0.6 is 11.8 Å². The summed E-state index contributed by atoms with van der Waals surface area (Å²) in [6, 6.07) is 5.96. The van der Waals surface area contributed by atoms with Gasteiger partial charge in [0.05, 0.1) is 10.9 Å². The lowest BCUT2D eigenvalue weighted by molar-refractivity contribution is -0.115. The first-order chi connectivity index (χ1) is 10.6. The first-order valence-corrected chi connectivity index (χ1v) is 8.92. The summed E-state index contributed by atoms with van der Waals surface area (Å²) in [5.74, 6) is 1.36. The highest BCUT2D eigenvalue weighted by atomic mass is 32.2. The van der Waals surface area contributed by atoms with Crippen molar-refractivity contribution in [3.8, 4) is 0 Å². The van der Waals surface area contributed by atoms with Crippen LogP contribution in [-0.4, -0.2) is 23.1 Å². The minimum Gasteiger partial charge on any atom is -0.349 e. The molecular weight excluding hydrogens is 296 g/mol. The summed E-state index contributed by atoms with van der Waals surface area (Å²) in [5, 5.41) is 6.03. The zero-order valence-electron chi connectivity index (χ0n) is 12.6. The maximum Gasteiger partial charge on any atom is 0.251 e. The van der Waals surface area contributed by atoms with Gasteiger partial charge in [-0.2, -0.15) is 0 Å². The van der Waals surface area contributed by atoms with E-state index in [0.29, 0.717) is 23.4 Å². The van der Waals surface area contributed by atoms with Gasteiger partial charge < -0.3 is 10.6 Å². The van der Waals surface area contributed by atoms with E-state index in [2.05, 4.69) is 10.6 Å². The Balaban J connectivity index is 1.51. The van der Waals surface area contributed by atoms with E-state index in [-0.39, 0.29) is 17.1 Å². The number of rotatable bonds is 4. The van der Waals surface area contributed by atoms with Crippen LogP contribution < -0.4 is 10.6 Å². The molecule has 2 N–H and O–H groups in total. The molecule has 0 radical (unpaired) electrons. The summed E-state index contributed by atoms with van der Waals surface area (Å²) >= 11 is 1.54. The van der Waals surface area contributed by atoms with Gasteiger partial charge in [-0.25, -0.2) is 0 Å². The van der Waals surface area contributed by atoms with Gasteiger partial charge in [0, 0.05) is 16.5 Å². The van der Waals surface area contributed by atoms with Crippen molar-refractivity contribution in [3.05, 3.63) is 23.8 Å². The van der Waals surface area contributed by atoms with E-state index in [4.69, 9.17) is 0 Å². The van der Waals surface area contributed by atoms with Crippen molar-refractivity contribution in [3.63, 3.8) is 0 Å². The molecule has 22 heavy (non-hydrogen) atoms. The van der Waals surface area contributed by atoms with Gasteiger partial charge in [0.25, 0.3) is 5.91 Å². The highest BCUT2D eigenvalue weighted by molar-refractivity contribution is 8.00. The molecule has 1 aliphatic heterocycles. The number of thioether (sulfide) groups is 1. The topological polar surface area (TPSA) is 58.2 Å². The summed E-state index contributed by atoms with van der Waals surface area (Å²) in [6.45, 7) is 1.89. The Morgan fingerprint density at radius 1 is 1.27 bits per heavy atom. The van der Waals surface area contributed by atoms with Crippen molar-refractivity contribution in [1.82, 2.24) is 5.32 Å². The third-order valence-electron chi connectivity index (χ3n) is 4.73. The number of carbonyl (C=O) groups is 2. The molecule has 0 unspecified atom stereocenters. The van der Waals surface area contributed by atoms with E-state index >= 15 is 0 Å². The monoisotopic (exact) mass is 316 g/mol. The van der Waals surface area contributed by atoms with Crippen LogP contribution in [0.3, 0.4) is 0 Å². The van der Waals surface area contributed by atoms with Crippen molar-refractivity contribution in [2.45, 2.75) is 48.8 Å². The SMILES string of the molecule is C[C@H]1Sc2ccc(C(=O)NC(C3CC3)C3CC3)cc2NC1=O. The first kappa shape index (κ1) is 14.1. The van der Waals surface area contributed by atoms with E-state index < -0.39 is 0 Å². The number of anilines is 1. The molecule has 2 saturated carbocycles. The summed E-state index contributed by atoms with van der Waals surface area (Å²) in [6.07, 6.45) is 4.99. The van der Waals surface area contributed by atoms with Gasteiger partial charge in [0.2, 0.25) is 5.91 Å². The molecule has 0 spiro atoms. The maximum absolute atomic E-state index is 12.5. The number of benzene rings is 1. The van der Waals surface area contributed by atoms with Crippen LogP contribution in [0.4, 0.5) is 5.69 Å². The van der Waals surface area contributed by atoms with Crippen molar-refractivity contribution >= 4 is 29.3 Å². The van der Waals surface area contributed by atoms with Crippen molar-refractivity contribution in [1.29, 1.82) is 0 Å². The number of hydrogen-bond donors (Lipinski definition) is 2. The fourth-order valence-corrected chi connectivity index (χ4v) is 4.05. The summed E-state index contributed by atoms with van der Waals surface area (Å²) in [7, 11) is 0. The van der Waals surface area contributed by atoms with Gasteiger partial charge in [0.15, 0.2) is 0 Å². The molecule has 1 atom stereocenters. The second-order valence-electron chi connectivity index (χ2n) is 6.63. The minimum absolute atomic E-state index is 0.00361. The maximum atomic E-state index is 12.5. The van der Waals surface area contributed by atoms with Crippen LogP contribution in [0, 0.1) is 11.8 Å². The Hall–Kier alpha value is -1.49. The Morgan fingerprint density at radius 3 is 2.59 bits per heavy atom. The number of nitrogens with one attached hydrogen (secondary N) is 2. The zero-order valence-corrected chi connectivity index (χ0v) is 13.4. The molecule has 2 aliphatic carbocycles. The van der Waals surface area contributed by atoms with Gasteiger partial charge in [-0.3, -0.25) is 9.59 Å². The van der Waals surface area contributed by atoms with E-state index in [1.807, 2.05) is 19.1 Å². The van der Waals surface area contributed by atoms with Crippen molar-refractivity contribution in [2.24, 2.45) is 11.8 Å². The standard InChI is InChI=1S/C17H20N2O2S/c1-9-16(20)18-13-8-12(6-7-14(13)22-9)17(21)19-15(10-2-3-10)11-4-5-11/h6-11,15H,2-5H2,1H3,(H,18,20)(H,19,21)/t9-/m1/s1. The van der Waals surface area contributed by atoms with Gasteiger partial charge >= 0.3 is 0 Å². The second kappa shape index (κ2) is 5.30. The van der Waals surface area contributed by atoms with Crippen LogP contribution in [0.25, 0.3) is 0 Å². The number of amides is 2. The fourth-order valence-electron chi connectivity index (χ4n) is 3.12. The van der Waals surface area contributed by atoms with E-state index in [0.717, 1.165) is 10.6 Å². The third kappa shape index (κ3) is 2.74. The molecule has 0 bridgehead atoms. The summed E-state index contributed by atoms with van der Waals surface area (Å²) in [4.78, 5) is 25.3. The predicted octanol–water partition coefficient (Wildman–Crippen LogP) is 3.04. The average molecular weight is 316 g/mol. The molecule has 1 aromatic rings. The predicted molar refractivity (Wildman–Crippen MR) is 87.1 cm³/mol. The Kier molecular flexibility index (Phi) is 3.40. The number of carbonyl (C=O) groups excluding carboxylic acids is 2. The molecule has 1 heterocycles. The molecule has 2 fully saturated rings. The van der Waals surface area contributed by atoms with Crippen molar-refractivity contribution in [2.75, 3.05) is 5.32 Å². The fraction of sp³-hybridized carbons (Fsp3) is 0.529. The van der Waals surface area contributed by atoms with Crippen molar-refractivity contribution < 1.29 is 9.59 Å². The average Bonchev–Trinajstić information content (AvgIpc) is 3.38. The third-order valence-corrected chi connectivity index (χ3v) is 5.91. The van der Waals surface area contributed by atoms with Gasteiger partial charge in [0.1, 0.15) is 0 Å². The summed E-state index contributed by atoms with van der Waals surface area (Å²) in [5.41, 5.74) is 1.40. The summed E-state index contributed by atoms with van der Waals surface area (Å²) < 4.78 is 0. The molecule has 2 amide bonds. The Labute approximate surface area is 134 Å². The van der Waals surface area contributed by atoms with E-state index in [9.17, 15) is 9.59 Å². The molecule has 4 rings (SSSR count). The molecule has 1 aromatic carbocycles. The lowest BCUT2D eigenvalue weighted by atomic mass is 10.1. The normalized spacial score (nSPS) is 23.9. The lowest BCUT2D eigenvalue weighted by Crippen LogP contribution is -2.38. The molecule has 0 aromatic heterocycles. The number of fused-ring (bicyclic) bond motifs is 1. The lowest BCUT2D eigenvalue weighted by Gasteiger charge is -2.22. The molecular formula is C17H20N2O2S. The van der Waals surface area contributed by atoms with Crippen LogP contribution in [0.2, 0.25) is 0 Å². The first-order valence-electron chi connectivity index (χ1n) is 8.04. The van der Waals surface area contributed by atoms with E-state index in [1.165, 1.54) is 25.7 Å². The highest BCUT2D eigenvalue weighted by Crippen LogP contribution is 2.44. The quantitative estimate of drug-likeness (QED) is 0.897. The van der Waals surface area contributed by atoms with Gasteiger partial charge in [-0.1, -0.05) is 0 Å². The van der Waals surface area contributed by atoms with Crippen LogP contribution in [0.15, 0.2) is 23.1 Å². The highest BCUT2D eigenvalue weighted by Gasteiger charge is 2.42. The van der Waals surface area contributed by atoms with E-state index in [1.54, 1.807) is 17.8 Å². The largest absolute Gasteiger partial charge is 0.349 e. The molecule has 5 heteroatoms. The molecule has 3 aliphatic rings. The molecule has 4 nitrogen and oxygen atoms in total. The second-order valence-corrected chi connectivity index (χ2v) is 8.02. The molecule has 116 valence electrons. The minimum atomic E-state index is -0.0821. The number of hydrogen-bond acceptors (Lipinski definition) is 3. The van der Waals surface area contributed by atoms with Crippen LogP contribution in [0.5, 0.6) is 0 Å². The molecule has 0 saturated heterocycles. The van der Waals surface area contributed by atoms with Gasteiger partial charge in [-0.05, 0) is 62.6 Å². The zero-order chi connectivity index (χ0) is 15.3. The van der Waals surface area contributed by atoms with Crippen LogP contribution in [0.1, 0.15) is 43.0 Å².